The minimum atomic E-state index is 0.234. The normalized spacial score (nSPS) is 19.5. The Morgan fingerprint density at radius 3 is 2.32 bits per heavy atom. The lowest BCUT2D eigenvalue weighted by atomic mass is 10.0. The average molecular weight is 284 g/mol. The highest BCUT2D eigenvalue weighted by atomic mass is 35.5. The van der Waals surface area contributed by atoms with Crippen molar-refractivity contribution in [2.24, 2.45) is 5.73 Å². The lowest BCUT2D eigenvalue weighted by molar-refractivity contribution is 0.0857. The number of piperazine rings is 1. The van der Waals surface area contributed by atoms with Crippen LogP contribution in [0.1, 0.15) is 11.6 Å². The van der Waals surface area contributed by atoms with Gasteiger partial charge in [-0.05, 0) is 17.7 Å². The van der Waals surface area contributed by atoms with Crippen molar-refractivity contribution in [1.29, 1.82) is 0 Å². The van der Waals surface area contributed by atoms with Gasteiger partial charge in [-0.25, -0.2) is 0 Å². The molecule has 1 aromatic carbocycles. The summed E-state index contributed by atoms with van der Waals surface area (Å²) in [5, 5.41) is 9.71. The topological polar surface area (TPSA) is 52.7 Å². The number of rotatable bonds is 5. The molecule has 1 unspecified atom stereocenters. The highest BCUT2D eigenvalue weighted by molar-refractivity contribution is 6.30. The van der Waals surface area contributed by atoms with E-state index in [1.807, 2.05) is 12.1 Å². The van der Waals surface area contributed by atoms with E-state index in [-0.39, 0.29) is 12.6 Å². The van der Waals surface area contributed by atoms with Gasteiger partial charge in [-0.3, -0.25) is 9.80 Å². The maximum atomic E-state index is 8.96. The van der Waals surface area contributed by atoms with Crippen LogP contribution in [0, 0.1) is 0 Å². The summed E-state index contributed by atoms with van der Waals surface area (Å²) in [4.78, 5) is 4.70. The monoisotopic (exact) mass is 283 g/mol. The number of aliphatic hydroxyl groups is 1. The third-order valence-electron chi connectivity index (χ3n) is 3.74. The quantitative estimate of drug-likeness (QED) is 0.845. The second-order valence-electron chi connectivity index (χ2n) is 4.90. The van der Waals surface area contributed by atoms with Gasteiger partial charge >= 0.3 is 0 Å². The van der Waals surface area contributed by atoms with E-state index in [2.05, 4.69) is 21.9 Å². The van der Waals surface area contributed by atoms with Gasteiger partial charge in [0.2, 0.25) is 0 Å². The van der Waals surface area contributed by atoms with Gasteiger partial charge in [0.15, 0.2) is 0 Å². The van der Waals surface area contributed by atoms with Crippen LogP contribution in [0.15, 0.2) is 24.3 Å². The maximum Gasteiger partial charge on any atom is 0.0558 e. The number of nitrogens with two attached hydrogens (primary N) is 1. The maximum absolute atomic E-state index is 8.96. The minimum absolute atomic E-state index is 0.234. The zero-order valence-electron chi connectivity index (χ0n) is 11.1. The van der Waals surface area contributed by atoms with Crippen molar-refractivity contribution in [3.05, 3.63) is 34.9 Å². The molecule has 1 aromatic rings. The lowest BCUT2D eigenvalue weighted by Gasteiger charge is -2.39. The fraction of sp³-hybridized carbons (Fsp3) is 0.571. The Morgan fingerprint density at radius 1 is 1.16 bits per heavy atom. The smallest absolute Gasteiger partial charge is 0.0558 e. The SMILES string of the molecule is NCC(c1ccc(Cl)cc1)N1CCN(CCO)CC1. The molecule has 1 saturated heterocycles. The Hall–Kier alpha value is -0.650. The largest absolute Gasteiger partial charge is 0.395 e. The number of halogens is 1. The Kier molecular flexibility index (Phi) is 5.60. The molecular formula is C14H22ClN3O. The van der Waals surface area contributed by atoms with E-state index in [0.717, 1.165) is 37.7 Å². The van der Waals surface area contributed by atoms with Gasteiger partial charge < -0.3 is 10.8 Å². The average Bonchev–Trinajstić information content (AvgIpc) is 2.44. The van der Waals surface area contributed by atoms with Gasteiger partial charge in [0.25, 0.3) is 0 Å². The van der Waals surface area contributed by atoms with Crippen molar-refractivity contribution in [2.75, 3.05) is 45.9 Å². The molecule has 1 aliphatic rings. The van der Waals surface area contributed by atoms with Crippen LogP contribution in [0.25, 0.3) is 0 Å². The van der Waals surface area contributed by atoms with Crippen molar-refractivity contribution in [2.45, 2.75) is 6.04 Å². The van der Waals surface area contributed by atoms with Gasteiger partial charge in [-0.1, -0.05) is 23.7 Å². The van der Waals surface area contributed by atoms with Crippen LogP contribution in [0.3, 0.4) is 0 Å². The van der Waals surface area contributed by atoms with Crippen LogP contribution in [-0.2, 0) is 0 Å². The Morgan fingerprint density at radius 2 is 1.79 bits per heavy atom. The molecule has 5 heteroatoms. The zero-order chi connectivity index (χ0) is 13.7. The van der Waals surface area contributed by atoms with E-state index >= 15 is 0 Å². The van der Waals surface area contributed by atoms with E-state index in [1.54, 1.807) is 0 Å². The highest BCUT2D eigenvalue weighted by Crippen LogP contribution is 2.22. The van der Waals surface area contributed by atoms with Crippen LogP contribution in [0.4, 0.5) is 0 Å². The standard InChI is InChI=1S/C14H22ClN3O/c15-13-3-1-12(2-4-13)14(11-16)18-7-5-17(6-8-18)9-10-19/h1-4,14,19H,5-11,16H2. The number of nitrogens with zero attached hydrogens (tertiary/aromatic N) is 2. The fourth-order valence-electron chi connectivity index (χ4n) is 2.62. The van der Waals surface area contributed by atoms with E-state index in [1.165, 1.54) is 5.56 Å². The lowest BCUT2D eigenvalue weighted by Crippen LogP contribution is -2.49. The first-order valence-corrected chi connectivity index (χ1v) is 7.15. The van der Waals surface area contributed by atoms with Crippen molar-refractivity contribution < 1.29 is 5.11 Å². The summed E-state index contributed by atoms with van der Waals surface area (Å²) in [5.41, 5.74) is 7.16. The number of β-amino-alcohol motifs (C(OH)–C–C–N with tert-alkyl or cyclic N) is 1. The van der Waals surface area contributed by atoms with Crippen LogP contribution in [0.5, 0.6) is 0 Å². The Bertz CT molecular complexity index is 377. The van der Waals surface area contributed by atoms with Crippen LogP contribution in [0.2, 0.25) is 5.02 Å². The molecule has 1 fully saturated rings. The summed E-state index contributed by atoms with van der Waals surface area (Å²) in [6.45, 7) is 5.57. The van der Waals surface area contributed by atoms with Crippen molar-refractivity contribution in [1.82, 2.24) is 9.80 Å². The molecular weight excluding hydrogens is 262 g/mol. The number of hydrogen-bond acceptors (Lipinski definition) is 4. The first-order valence-electron chi connectivity index (χ1n) is 6.77. The van der Waals surface area contributed by atoms with Gasteiger partial charge in [0, 0.05) is 50.3 Å². The second-order valence-corrected chi connectivity index (χ2v) is 5.34. The zero-order valence-corrected chi connectivity index (χ0v) is 11.9. The van der Waals surface area contributed by atoms with Gasteiger partial charge in [0.05, 0.1) is 6.61 Å². The van der Waals surface area contributed by atoms with Crippen molar-refractivity contribution in [3.63, 3.8) is 0 Å². The predicted octanol–water partition coefficient (Wildman–Crippen LogP) is 0.950. The second kappa shape index (κ2) is 7.22. The van der Waals surface area contributed by atoms with Gasteiger partial charge in [-0.2, -0.15) is 0 Å². The molecule has 19 heavy (non-hydrogen) atoms. The summed E-state index contributed by atoms with van der Waals surface area (Å²) in [6.07, 6.45) is 0. The summed E-state index contributed by atoms with van der Waals surface area (Å²) in [7, 11) is 0. The predicted molar refractivity (Wildman–Crippen MR) is 78.3 cm³/mol. The van der Waals surface area contributed by atoms with Crippen molar-refractivity contribution in [3.8, 4) is 0 Å². The molecule has 0 spiro atoms. The summed E-state index contributed by atoms with van der Waals surface area (Å²) in [5.74, 6) is 0. The van der Waals surface area contributed by atoms with E-state index in [9.17, 15) is 0 Å². The molecule has 1 aliphatic heterocycles. The molecule has 4 nitrogen and oxygen atoms in total. The molecule has 0 bridgehead atoms. The van der Waals surface area contributed by atoms with Gasteiger partial charge in [-0.15, -0.1) is 0 Å². The molecule has 106 valence electrons. The summed E-state index contributed by atoms with van der Waals surface area (Å²) < 4.78 is 0. The summed E-state index contributed by atoms with van der Waals surface area (Å²) in [6, 6.07) is 8.21. The van der Waals surface area contributed by atoms with E-state index in [0.29, 0.717) is 6.54 Å². The number of hydrogen-bond donors (Lipinski definition) is 2. The van der Waals surface area contributed by atoms with Crippen LogP contribution < -0.4 is 5.73 Å². The minimum Gasteiger partial charge on any atom is -0.395 e. The molecule has 0 aliphatic carbocycles. The fourth-order valence-corrected chi connectivity index (χ4v) is 2.75. The third-order valence-corrected chi connectivity index (χ3v) is 3.99. The molecule has 0 amide bonds. The molecule has 3 N–H and O–H groups in total. The molecule has 0 radical (unpaired) electrons. The van der Waals surface area contributed by atoms with Crippen molar-refractivity contribution >= 4 is 11.6 Å². The first-order chi connectivity index (χ1) is 9.24. The number of aliphatic hydroxyl groups excluding tert-OH is 1. The molecule has 0 aromatic heterocycles. The molecule has 1 heterocycles. The number of benzene rings is 1. The molecule has 2 rings (SSSR count). The van der Waals surface area contributed by atoms with Crippen LogP contribution in [-0.4, -0.2) is 60.8 Å². The van der Waals surface area contributed by atoms with E-state index < -0.39 is 0 Å². The Labute approximate surface area is 119 Å². The Balaban J connectivity index is 1.97. The first kappa shape index (κ1) is 14.8. The molecule has 1 atom stereocenters. The van der Waals surface area contributed by atoms with Gasteiger partial charge in [0.1, 0.15) is 0 Å². The highest BCUT2D eigenvalue weighted by Gasteiger charge is 2.23. The van der Waals surface area contributed by atoms with Crippen LogP contribution >= 0.6 is 11.6 Å². The van der Waals surface area contributed by atoms with E-state index in [4.69, 9.17) is 22.4 Å². The summed E-state index contributed by atoms with van der Waals surface area (Å²) >= 11 is 5.92. The third kappa shape index (κ3) is 3.91. The molecule has 0 saturated carbocycles.